The summed E-state index contributed by atoms with van der Waals surface area (Å²) in [5.41, 5.74) is 0. The van der Waals surface area contributed by atoms with Gasteiger partial charge in [0.15, 0.2) is 0 Å². The van der Waals surface area contributed by atoms with E-state index in [1.807, 2.05) is 0 Å². The summed E-state index contributed by atoms with van der Waals surface area (Å²) < 4.78 is 3.92. The van der Waals surface area contributed by atoms with Gasteiger partial charge in [0.25, 0.3) is 0 Å². The molecule has 1 N–H and O–H groups in total. The van der Waals surface area contributed by atoms with Gasteiger partial charge in [-0.2, -0.15) is 0 Å². The topological polar surface area (TPSA) is 29.5 Å². The highest BCUT2D eigenvalue weighted by Crippen LogP contribution is 2.51. The van der Waals surface area contributed by atoms with Gasteiger partial charge >= 0.3 is 0 Å². The zero-order valence-electron chi connectivity index (χ0n) is 4.57. The van der Waals surface area contributed by atoms with Crippen molar-refractivity contribution in [1.29, 1.82) is 0 Å². The molecule has 0 aromatic heterocycles. The highest BCUT2D eigenvalue weighted by molar-refractivity contribution is 9.46. The third kappa shape index (κ3) is 9.12. The van der Waals surface area contributed by atoms with Crippen LogP contribution in [0, 0.1) is 0 Å². The van der Waals surface area contributed by atoms with Gasteiger partial charge in [0, 0.05) is 29.5 Å². The van der Waals surface area contributed by atoms with Crippen molar-refractivity contribution in [2.24, 2.45) is 0 Å². The third-order valence-corrected chi connectivity index (χ3v) is 15.3. The second-order valence-corrected chi connectivity index (χ2v) is 16.9. The largest absolute Gasteiger partial charge is 0.238 e. The molecule has 0 aliphatic heterocycles. The summed E-state index contributed by atoms with van der Waals surface area (Å²) in [5.74, 6) is 0. The minimum atomic E-state index is -2.17. The highest BCUT2D eigenvalue weighted by atomic mass is 34.0. The fraction of sp³-hybridized carbons (Fsp3) is 0. The van der Waals surface area contributed by atoms with Crippen LogP contribution < -0.4 is 0 Å². The van der Waals surface area contributed by atoms with Crippen LogP contribution in [0.15, 0.2) is 0 Å². The first kappa shape index (κ1) is 13.8. The van der Waals surface area contributed by atoms with Crippen LogP contribution in [-0.4, -0.2) is 5.26 Å². The molecular weight excluding hydrogens is 321 g/mol. The number of rotatable bonds is 6. The SMILES string of the molecule is OOS(=S)(=S)SSSSSS. The first-order valence-electron chi connectivity index (χ1n) is 1.70. The normalized spacial score (nSPS) is 11.8. The molecule has 68 valence electrons. The summed E-state index contributed by atoms with van der Waals surface area (Å²) in [6, 6.07) is 0. The molecule has 0 atom stereocenters. The van der Waals surface area contributed by atoms with Gasteiger partial charge in [-0.3, -0.25) is 0 Å². The van der Waals surface area contributed by atoms with Crippen LogP contribution in [0.2, 0.25) is 0 Å². The Morgan fingerprint density at radius 2 is 1.91 bits per heavy atom. The van der Waals surface area contributed by atoms with Crippen molar-refractivity contribution >= 4 is 89.6 Å². The summed E-state index contributed by atoms with van der Waals surface area (Å²) in [6.45, 7) is -2.17. The lowest BCUT2D eigenvalue weighted by atomic mass is 15.0. The Balaban J connectivity index is 3.39. The van der Waals surface area contributed by atoms with E-state index >= 15 is 0 Å². The van der Waals surface area contributed by atoms with Gasteiger partial charge in [0.2, 0.25) is 0 Å². The molecule has 11 heteroatoms. The van der Waals surface area contributed by atoms with Gasteiger partial charge in [0.05, 0.1) is 0 Å². The first-order chi connectivity index (χ1) is 5.12. The van der Waals surface area contributed by atoms with Gasteiger partial charge in [-0.15, -0.1) is 4.33 Å². The Bertz CT molecular complexity index is 166. The molecule has 0 aliphatic carbocycles. The molecule has 0 aromatic carbocycles. The average molecular weight is 323 g/mol. The lowest BCUT2D eigenvalue weighted by Gasteiger charge is -2.00. The van der Waals surface area contributed by atoms with E-state index in [2.05, 4.69) is 16.0 Å². The lowest BCUT2D eigenvalue weighted by molar-refractivity contribution is -0.117. The number of hydrogen-bond acceptors (Lipinski definition) is 10. The van der Waals surface area contributed by atoms with E-state index in [0.29, 0.717) is 0 Å². The number of thiol groups is 1. The van der Waals surface area contributed by atoms with Gasteiger partial charge in [-0.05, 0) is 42.0 Å². The predicted molar refractivity (Wildman–Crippen MR) is 72.7 cm³/mol. The second-order valence-electron chi connectivity index (χ2n) is 0.829. The van der Waals surface area contributed by atoms with Crippen molar-refractivity contribution in [3.05, 3.63) is 0 Å². The van der Waals surface area contributed by atoms with Crippen molar-refractivity contribution in [2.45, 2.75) is 0 Å². The van der Waals surface area contributed by atoms with Crippen LogP contribution in [0.5, 0.6) is 0 Å². The number of hydrogen-bond donors (Lipinski definition) is 2. The molecule has 0 bridgehead atoms. The van der Waals surface area contributed by atoms with Crippen LogP contribution in [0.1, 0.15) is 0 Å². The lowest BCUT2D eigenvalue weighted by Crippen LogP contribution is -1.88. The molecule has 2 nitrogen and oxygen atoms in total. The molecular formula is H2O2S9. The molecule has 0 heterocycles. The molecule has 11 heavy (non-hydrogen) atoms. The fourth-order valence-corrected chi connectivity index (χ4v) is 15.3. The summed E-state index contributed by atoms with van der Waals surface area (Å²) in [4.78, 5) is 0. The Kier molecular flexibility index (Phi) is 10.2. The zero-order chi connectivity index (χ0) is 8.74. The van der Waals surface area contributed by atoms with Crippen LogP contribution >= 0.6 is 60.8 Å². The van der Waals surface area contributed by atoms with Gasteiger partial charge < -0.3 is 0 Å². The molecule has 0 rings (SSSR count). The third-order valence-electron chi connectivity index (χ3n) is 0.288. The van der Waals surface area contributed by atoms with Gasteiger partial charge in [-0.25, -0.2) is 5.26 Å². The maximum absolute atomic E-state index is 8.21. The summed E-state index contributed by atoms with van der Waals surface area (Å²) >= 11 is 13.3. The van der Waals surface area contributed by atoms with E-state index in [-0.39, 0.29) is 0 Å². The van der Waals surface area contributed by atoms with Crippen LogP contribution in [0.25, 0.3) is 0 Å². The van der Waals surface area contributed by atoms with E-state index in [9.17, 15) is 0 Å². The van der Waals surface area contributed by atoms with Gasteiger partial charge in [-0.1, -0.05) is 11.7 Å². The van der Waals surface area contributed by atoms with Crippen molar-refractivity contribution in [1.82, 2.24) is 0 Å². The van der Waals surface area contributed by atoms with E-state index in [1.54, 1.807) is 0 Å². The molecule has 0 aromatic rings. The Labute approximate surface area is 97.9 Å². The fourth-order valence-electron chi connectivity index (χ4n) is 0.0815. The van der Waals surface area contributed by atoms with E-state index in [0.717, 1.165) is 0 Å². The highest BCUT2D eigenvalue weighted by Gasteiger charge is 2.03. The van der Waals surface area contributed by atoms with Crippen molar-refractivity contribution in [2.75, 3.05) is 0 Å². The Morgan fingerprint density at radius 1 is 1.27 bits per heavy atom. The molecule has 0 unspecified atom stereocenters. The van der Waals surface area contributed by atoms with E-state index in [4.69, 9.17) is 27.6 Å². The Morgan fingerprint density at radius 3 is 2.36 bits per heavy atom. The van der Waals surface area contributed by atoms with Crippen molar-refractivity contribution in [3.8, 4) is 0 Å². The minimum absolute atomic E-state index is 1.17. The predicted octanol–water partition coefficient (Wildman–Crippen LogP) is 3.55. The van der Waals surface area contributed by atoms with Crippen molar-refractivity contribution < 1.29 is 9.59 Å². The standard InChI is InChI=1S/H2O2S9/c1-2-11(4,5)10-9-8-7-6-3/h1,3H. The van der Waals surface area contributed by atoms with Crippen LogP contribution in [-0.2, 0) is 33.2 Å². The maximum atomic E-state index is 8.21. The summed E-state index contributed by atoms with van der Waals surface area (Å²) in [7, 11) is 6.85. The van der Waals surface area contributed by atoms with Crippen LogP contribution in [0.3, 0.4) is 0 Å². The second kappa shape index (κ2) is 8.15. The molecule has 0 radical (unpaired) electrons. The van der Waals surface area contributed by atoms with Crippen LogP contribution in [0.4, 0.5) is 0 Å². The molecule has 0 spiro atoms. The van der Waals surface area contributed by atoms with Gasteiger partial charge in [0.1, 0.15) is 6.46 Å². The van der Waals surface area contributed by atoms with Crippen molar-refractivity contribution in [3.63, 3.8) is 0 Å². The Hall–Kier alpha value is 2.81. The molecule has 0 fully saturated rings. The smallest absolute Gasteiger partial charge is 0.115 e. The zero-order valence-corrected chi connectivity index (χ0v) is 12.0. The van der Waals surface area contributed by atoms with E-state index in [1.165, 1.54) is 49.1 Å². The summed E-state index contributed by atoms with van der Waals surface area (Å²) in [6.07, 6.45) is 0. The average Bonchev–Trinajstić information content (AvgIpc) is 1.99. The maximum Gasteiger partial charge on any atom is 0.115 e. The monoisotopic (exact) mass is 322 g/mol. The summed E-state index contributed by atoms with van der Waals surface area (Å²) in [5, 5.41) is 8.21. The van der Waals surface area contributed by atoms with E-state index < -0.39 is 6.46 Å². The minimum Gasteiger partial charge on any atom is -0.238 e. The molecule has 0 amide bonds. The molecule has 0 aliphatic rings. The quantitative estimate of drug-likeness (QED) is 0.250. The molecule has 0 saturated carbocycles. The first-order valence-corrected chi connectivity index (χ1v) is 12.8. The molecule has 0 saturated heterocycles.